The van der Waals surface area contributed by atoms with Gasteiger partial charge in [-0.25, -0.2) is 0 Å². The fourth-order valence-corrected chi connectivity index (χ4v) is 4.45. The highest BCUT2D eigenvalue weighted by Gasteiger charge is 2.30. The molecule has 1 aliphatic heterocycles. The molecule has 0 N–H and O–H groups in total. The highest BCUT2D eigenvalue weighted by atomic mass is 16.3. The third-order valence-electron chi connectivity index (χ3n) is 6.04. The molecule has 0 aliphatic carbocycles. The fraction of sp³-hybridized carbons (Fsp3) is 0.435. The number of furan rings is 1. The lowest BCUT2D eigenvalue weighted by atomic mass is 10.1. The maximum absolute atomic E-state index is 13.6. The Balaban J connectivity index is 1.66. The van der Waals surface area contributed by atoms with Gasteiger partial charge in [0, 0.05) is 36.9 Å². The Morgan fingerprint density at radius 1 is 1.18 bits per heavy atom. The van der Waals surface area contributed by atoms with Gasteiger partial charge in [-0.2, -0.15) is 0 Å². The van der Waals surface area contributed by atoms with Crippen molar-refractivity contribution in [2.24, 2.45) is 7.05 Å². The molecule has 1 unspecified atom stereocenters. The number of aromatic nitrogens is 2. The molecule has 1 atom stereocenters. The predicted molar refractivity (Wildman–Crippen MR) is 109 cm³/mol. The first-order chi connectivity index (χ1) is 13.6. The Hall–Kier alpha value is -2.69. The van der Waals surface area contributed by atoms with Crippen LogP contribution < -0.4 is 0 Å². The van der Waals surface area contributed by atoms with Crippen molar-refractivity contribution in [3.63, 3.8) is 0 Å². The van der Waals surface area contributed by atoms with Crippen molar-refractivity contribution in [1.29, 1.82) is 0 Å². The van der Waals surface area contributed by atoms with Gasteiger partial charge in [-0.1, -0.05) is 12.8 Å². The number of carbonyl (C=O) groups excluding carboxylic acids is 1. The number of carbonyl (C=O) groups is 1. The van der Waals surface area contributed by atoms with Crippen LogP contribution in [-0.4, -0.2) is 26.5 Å². The van der Waals surface area contributed by atoms with Crippen LogP contribution in [0.4, 0.5) is 0 Å². The molecule has 0 saturated carbocycles. The first kappa shape index (κ1) is 18.7. The van der Waals surface area contributed by atoms with Crippen molar-refractivity contribution in [2.75, 3.05) is 6.54 Å². The van der Waals surface area contributed by atoms with Crippen LogP contribution in [0.3, 0.4) is 0 Å². The van der Waals surface area contributed by atoms with Gasteiger partial charge in [-0.3, -0.25) is 4.79 Å². The van der Waals surface area contributed by atoms with E-state index in [2.05, 4.69) is 46.3 Å². The van der Waals surface area contributed by atoms with Crippen molar-refractivity contribution in [3.05, 3.63) is 71.2 Å². The average molecular weight is 380 g/mol. The van der Waals surface area contributed by atoms with Crippen LogP contribution in [0.25, 0.3) is 0 Å². The lowest BCUT2D eigenvalue weighted by Crippen LogP contribution is -2.35. The molecule has 5 heteroatoms. The van der Waals surface area contributed by atoms with Gasteiger partial charge >= 0.3 is 0 Å². The van der Waals surface area contributed by atoms with Crippen LogP contribution in [-0.2, 0) is 13.6 Å². The molecule has 0 radical (unpaired) electrons. The summed E-state index contributed by atoms with van der Waals surface area (Å²) in [5.74, 6) is 1.05. The Morgan fingerprint density at radius 3 is 2.75 bits per heavy atom. The van der Waals surface area contributed by atoms with Gasteiger partial charge in [0.1, 0.15) is 5.76 Å². The zero-order valence-corrected chi connectivity index (χ0v) is 17.0. The van der Waals surface area contributed by atoms with Crippen LogP contribution in [0, 0.1) is 13.8 Å². The lowest BCUT2D eigenvalue weighted by molar-refractivity contribution is 0.0673. The van der Waals surface area contributed by atoms with Crippen LogP contribution in [0.1, 0.15) is 64.9 Å². The number of nitrogens with zero attached hydrogens (tertiary/aromatic N) is 3. The number of amides is 1. The molecule has 5 nitrogen and oxygen atoms in total. The molecule has 1 saturated heterocycles. The summed E-state index contributed by atoms with van der Waals surface area (Å²) in [6, 6.07) is 10.3. The molecular weight excluding hydrogens is 350 g/mol. The van der Waals surface area contributed by atoms with E-state index in [4.69, 9.17) is 4.42 Å². The Kier molecular flexibility index (Phi) is 5.16. The maximum Gasteiger partial charge on any atom is 0.256 e. The van der Waals surface area contributed by atoms with Gasteiger partial charge in [0.25, 0.3) is 5.91 Å². The summed E-state index contributed by atoms with van der Waals surface area (Å²) in [5.41, 5.74) is 4.13. The van der Waals surface area contributed by atoms with Crippen molar-refractivity contribution in [2.45, 2.75) is 52.1 Å². The molecule has 1 aliphatic rings. The van der Waals surface area contributed by atoms with E-state index >= 15 is 0 Å². The second kappa shape index (κ2) is 7.74. The van der Waals surface area contributed by atoms with Crippen molar-refractivity contribution in [3.8, 4) is 0 Å². The van der Waals surface area contributed by atoms with Crippen molar-refractivity contribution >= 4 is 5.91 Å². The zero-order chi connectivity index (χ0) is 19.7. The van der Waals surface area contributed by atoms with Crippen LogP contribution in [0.15, 0.2) is 47.2 Å². The molecule has 3 aromatic rings. The van der Waals surface area contributed by atoms with Gasteiger partial charge in [-0.05, 0) is 57.0 Å². The van der Waals surface area contributed by atoms with Crippen LogP contribution in [0.5, 0.6) is 0 Å². The molecule has 1 amide bonds. The molecule has 0 spiro atoms. The Morgan fingerprint density at radius 2 is 2.04 bits per heavy atom. The number of hydrogen-bond donors (Lipinski definition) is 0. The van der Waals surface area contributed by atoms with Gasteiger partial charge < -0.3 is 18.5 Å². The van der Waals surface area contributed by atoms with Gasteiger partial charge in [0.2, 0.25) is 0 Å². The van der Waals surface area contributed by atoms with Crippen LogP contribution >= 0.6 is 0 Å². The van der Waals surface area contributed by atoms with Crippen LogP contribution in [0.2, 0.25) is 0 Å². The van der Waals surface area contributed by atoms with E-state index in [0.29, 0.717) is 6.54 Å². The van der Waals surface area contributed by atoms with E-state index in [1.54, 1.807) is 6.26 Å². The van der Waals surface area contributed by atoms with Crippen molar-refractivity contribution in [1.82, 2.24) is 14.0 Å². The predicted octanol–water partition coefficient (Wildman–Crippen LogP) is 4.84. The Bertz CT molecular complexity index is 949. The lowest BCUT2D eigenvalue weighted by Gasteiger charge is -2.30. The molecule has 3 aromatic heterocycles. The fourth-order valence-electron chi connectivity index (χ4n) is 4.45. The summed E-state index contributed by atoms with van der Waals surface area (Å²) in [7, 11) is 2.07. The van der Waals surface area contributed by atoms with E-state index in [0.717, 1.165) is 48.5 Å². The van der Waals surface area contributed by atoms with E-state index in [-0.39, 0.29) is 11.9 Å². The normalized spacial score (nSPS) is 17.7. The molecule has 4 heterocycles. The third-order valence-corrected chi connectivity index (χ3v) is 6.04. The zero-order valence-electron chi connectivity index (χ0n) is 17.0. The number of rotatable bonds is 4. The number of aryl methyl sites for hydroxylation is 2. The first-order valence-electron chi connectivity index (χ1n) is 10.2. The minimum absolute atomic E-state index is 0.142. The molecular formula is C23H29N3O2. The van der Waals surface area contributed by atoms with Gasteiger partial charge in [-0.15, -0.1) is 0 Å². The highest BCUT2D eigenvalue weighted by Crippen LogP contribution is 2.32. The second-order valence-electron chi connectivity index (χ2n) is 7.86. The smallest absolute Gasteiger partial charge is 0.256 e. The van der Waals surface area contributed by atoms with E-state index in [9.17, 15) is 4.79 Å². The minimum atomic E-state index is 0.142. The molecule has 148 valence electrons. The molecule has 28 heavy (non-hydrogen) atoms. The summed E-state index contributed by atoms with van der Waals surface area (Å²) >= 11 is 0. The van der Waals surface area contributed by atoms with Gasteiger partial charge in [0.15, 0.2) is 0 Å². The molecule has 0 bridgehead atoms. The summed E-state index contributed by atoms with van der Waals surface area (Å²) < 4.78 is 9.83. The highest BCUT2D eigenvalue weighted by molar-refractivity contribution is 5.96. The molecule has 4 rings (SSSR count). The monoisotopic (exact) mass is 379 g/mol. The van der Waals surface area contributed by atoms with E-state index in [1.165, 1.54) is 12.1 Å². The minimum Gasteiger partial charge on any atom is -0.467 e. The quantitative estimate of drug-likeness (QED) is 0.651. The third kappa shape index (κ3) is 3.41. The topological polar surface area (TPSA) is 43.3 Å². The maximum atomic E-state index is 13.6. The second-order valence-corrected chi connectivity index (χ2v) is 7.86. The summed E-state index contributed by atoms with van der Waals surface area (Å²) in [6.45, 7) is 5.57. The average Bonchev–Trinajstić information content (AvgIpc) is 3.36. The standard InChI is InChI=1S/C23H29N3O2/c1-17-15-20(18(2)26(17)16-19-9-8-14-28-19)23(27)25-13-6-4-5-10-22(25)21-11-7-12-24(21)3/h7-9,11-12,14-15,22H,4-6,10,13,16H2,1-3H3. The number of likely N-dealkylation sites (tertiary alicyclic amines) is 1. The summed E-state index contributed by atoms with van der Waals surface area (Å²) in [4.78, 5) is 15.7. The molecule has 1 fully saturated rings. The summed E-state index contributed by atoms with van der Waals surface area (Å²) in [5, 5.41) is 0. The largest absolute Gasteiger partial charge is 0.467 e. The first-order valence-corrected chi connectivity index (χ1v) is 10.2. The Labute approximate surface area is 166 Å². The van der Waals surface area contributed by atoms with Gasteiger partial charge in [0.05, 0.1) is 24.4 Å². The SMILES string of the molecule is Cc1cc(C(=O)N2CCCCCC2c2cccn2C)c(C)n1Cc1ccco1. The van der Waals surface area contributed by atoms with E-state index in [1.807, 2.05) is 25.1 Å². The molecule has 0 aromatic carbocycles. The number of hydrogen-bond acceptors (Lipinski definition) is 2. The summed E-state index contributed by atoms with van der Waals surface area (Å²) in [6.07, 6.45) is 8.20. The van der Waals surface area contributed by atoms with Crippen molar-refractivity contribution < 1.29 is 9.21 Å². The van der Waals surface area contributed by atoms with E-state index < -0.39 is 0 Å².